The molecule has 1 unspecified atom stereocenters. The molecule has 0 saturated carbocycles. The molecule has 1 aliphatic rings. The molecule has 10 nitrogen and oxygen atoms in total. The molecule has 0 amide bonds. The number of ether oxygens (including phenoxy) is 6. The van der Waals surface area contributed by atoms with Crippen LogP contribution in [0, 0.1) is 6.92 Å². The van der Waals surface area contributed by atoms with Crippen LogP contribution in [0.2, 0.25) is 5.02 Å². The Labute approximate surface area is 273 Å². The van der Waals surface area contributed by atoms with Crippen LogP contribution in [0.15, 0.2) is 71.9 Å². The van der Waals surface area contributed by atoms with Crippen molar-refractivity contribution in [1.82, 2.24) is 4.98 Å². The Bertz CT molecular complexity index is 1830. The van der Waals surface area contributed by atoms with Gasteiger partial charge in [-0.05, 0) is 53.4 Å². The zero-order chi connectivity index (χ0) is 32.8. The normalized spacial score (nSPS) is 14.3. The number of rotatable bonds is 13. The van der Waals surface area contributed by atoms with E-state index in [0.29, 0.717) is 42.1 Å². The Hall–Kier alpha value is -4.16. The molecule has 0 spiro atoms. The third-order valence-electron chi connectivity index (χ3n) is 7.57. The molecule has 5 rings (SSSR count). The predicted octanol–water partition coefficient (Wildman–Crippen LogP) is 6.23. The molecule has 0 saturated heterocycles. The highest BCUT2D eigenvalue weighted by molar-refractivity contribution is 7.90. The van der Waals surface area contributed by atoms with Gasteiger partial charge in [0.05, 0.1) is 15.5 Å². The average Bonchev–Trinajstić information content (AvgIpc) is 3.05. The second-order valence-electron chi connectivity index (χ2n) is 10.8. The number of methoxy groups -OCH3 is 2. The molecule has 3 aromatic carbocycles. The molecule has 1 atom stereocenters. The zero-order valence-electron chi connectivity index (χ0n) is 25.8. The van der Waals surface area contributed by atoms with E-state index in [1.54, 1.807) is 20.3 Å². The predicted molar refractivity (Wildman–Crippen MR) is 172 cm³/mol. The van der Waals surface area contributed by atoms with Crippen LogP contribution >= 0.6 is 11.6 Å². The largest absolute Gasteiger partial charge is 0.488 e. The molecule has 0 aliphatic carbocycles. The minimum absolute atomic E-state index is 0.0188. The van der Waals surface area contributed by atoms with Crippen molar-refractivity contribution in [3.05, 3.63) is 94.3 Å². The maximum absolute atomic E-state index is 11.9. The second kappa shape index (κ2) is 14.5. The van der Waals surface area contributed by atoms with Gasteiger partial charge in [0.25, 0.3) is 0 Å². The van der Waals surface area contributed by atoms with Gasteiger partial charge in [0, 0.05) is 50.9 Å². The molecule has 4 aromatic rings. The summed E-state index contributed by atoms with van der Waals surface area (Å²) in [7, 11) is -0.255. The van der Waals surface area contributed by atoms with Gasteiger partial charge >= 0.3 is 0 Å². The number of nitrogens with zero attached hydrogens (tertiary/aromatic N) is 1. The van der Waals surface area contributed by atoms with E-state index in [0.717, 1.165) is 28.5 Å². The van der Waals surface area contributed by atoms with Gasteiger partial charge in [-0.3, -0.25) is 9.78 Å². The number of carbonyl (C=O) groups excluding carboxylic acids is 1. The molecule has 0 N–H and O–H groups in total. The third-order valence-corrected chi connectivity index (χ3v) is 8.94. The van der Waals surface area contributed by atoms with Crippen molar-refractivity contribution < 1.29 is 41.6 Å². The van der Waals surface area contributed by atoms with Crippen LogP contribution in [0.25, 0.3) is 11.1 Å². The van der Waals surface area contributed by atoms with Crippen LogP contribution in [0.4, 0.5) is 0 Å². The summed E-state index contributed by atoms with van der Waals surface area (Å²) in [6.45, 7) is 2.59. The lowest BCUT2D eigenvalue weighted by molar-refractivity contribution is -0.124. The van der Waals surface area contributed by atoms with E-state index in [9.17, 15) is 13.2 Å². The van der Waals surface area contributed by atoms with Crippen molar-refractivity contribution in [3.8, 4) is 34.1 Å². The number of aldehydes is 1. The van der Waals surface area contributed by atoms with E-state index in [4.69, 9.17) is 40.0 Å². The maximum atomic E-state index is 11.9. The molecule has 0 bridgehead atoms. The summed E-state index contributed by atoms with van der Waals surface area (Å²) in [5.74, 6) is 1.89. The van der Waals surface area contributed by atoms with Crippen molar-refractivity contribution in [3.63, 3.8) is 0 Å². The lowest BCUT2D eigenvalue weighted by Gasteiger charge is -2.29. The Morgan fingerprint density at radius 2 is 1.78 bits per heavy atom. The van der Waals surface area contributed by atoms with Gasteiger partial charge in [-0.1, -0.05) is 35.9 Å². The van der Waals surface area contributed by atoms with Crippen molar-refractivity contribution >= 4 is 27.7 Å². The third kappa shape index (κ3) is 7.79. The van der Waals surface area contributed by atoms with Crippen molar-refractivity contribution in [2.45, 2.75) is 43.8 Å². The fraction of sp³-hybridized carbons (Fsp3) is 0.294. The van der Waals surface area contributed by atoms with Crippen LogP contribution in [-0.4, -0.2) is 59.2 Å². The minimum atomic E-state index is -3.44. The lowest BCUT2D eigenvalue weighted by Crippen LogP contribution is -2.33. The first-order chi connectivity index (χ1) is 22.1. The summed E-state index contributed by atoms with van der Waals surface area (Å²) < 4.78 is 58.6. The van der Waals surface area contributed by atoms with Gasteiger partial charge in [0.15, 0.2) is 33.9 Å². The van der Waals surface area contributed by atoms with E-state index >= 15 is 0 Å². The first kappa shape index (κ1) is 33.2. The Morgan fingerprint density at radius 1 is 1.00 bits per heavy atom. The fourth-order valence-electron chi connectivity index (χ4n) is 5.00. The molecule has 0 radical (unpaired) electrons. The maximum Gasteiger partial charge on any atom is 0.177 e. The van der Waals surface area contributed by atoms with Gasteiger partial charge in [0.1, 0.15) is 37.4 Å². The number of carbonyl (C=O) groups is 1. The standard InChI is InChI=1S/C34H34ClNO9S/c1-21-24(6-5-7-28(21)23-8-9-30-33(12-23)45-26(20-44-30)13-34(40-2)41-3)19-43-32-14-31(25(17-37)11-29(32)35)42-18-22-10-27(16-36-15-22)46(4,38)39/h5-12,14-17,26,34H,13,18-20H2,1-4H3. The van der Waals surface area contributed by atoms with Crippen molar-refractivity contribution in [2.24, 2.45) is 0 Å². The molecule has 0 fully saturated rings. The quantitative estimate of drug-likeness (QED) is 0.120. The summed E-state index contributed by atoms with van der Waals surface area (Å²) in [5, 5.41) is 0.245. The van der Waals surface area contributed by atoms with Gasteiger partial charge < -0.3 is 28.4 Å². The van der Waals surface area contributed by atoms with E-state index in [2.05, 4.69) is 4.98 Å². The minimum Gasteiger partial charge on any atom is -0.488 e. The summed E-state index contributed by atoms with van der Waals surface area (Å²) in [6, 6.07) is 16.3. The molecule has 2 heterocycles. The fourth-order valence-corrected chi connectivity index (χ4v) is 5.84. The van der Waals surface area contributed by atoms with E-state index in [1.165, 1.54) is 24.5 Å². The molecular weight excluding hydrogens is 634 g/mol. The smallest absolute Gasteiger partial charge is 0.177 e. The van der Waals surface area contributed by atoms with Crippen LogP contribution in [0.5, 0.6) is 23.0 Å². The summed E-state index contributed by atoms with van der Waals surface area (Å²) in [4.78, 5) is 15.8. The average molecular weight is 668 g/mol. The van der Waals surface area contributed by atoms with Crippen LogP contribution in [-0.2, 0) is 32.5 Å². The highest BCUT2D eigenvalue weighted by Gasteiger charge is 2.25. The van der Waals surface area contributed by atoms with Gasteiger partial charge in [0.2, 0.25) is 0 Å². The van der Waals surface area contributed by atoms with E-state index in [-0.39, 0.29) is 46.8 Å². The Kier molecular flexibility index (Phi) is 10.5. The number of hydrogen-bond acceptors (Lipinski definition) is 10. The Balaban J connectivity index is 1.31. The number of benzene rings is 3. The van der Waals surface area contributed by atoms with Gasteiger partial charge in [-0.2, -0.15) is 0 Å². The number of halogens is 1. The summed E-state index contributed by atoms with van der Waals surface area (Å²) in [6.07, 6.45) is 4.42. The SMILES string of the molecule is COC(CC1COc2ccc(-c3cccc(COc4cc(OCc5cncc(S(C)(=O)=O)c5)c(C=O)cc4Cl)c3C)cc2O1)OC. The van der Waals surface area contributed by atoms with E-state index in [1.807, 2.05) is 43.3 Å². The molecule has 12 heteroatoms. The number of hydrogen-bond donors (Lipinski definition) is 0. The highest BCUT2D eigenvalue weighted by atomic mass is 35.5. The molecule has 46 heavy (non-hydrogen) atoms. The summed E-state index contributed by atoms with van der Waals surface area (Å²) in [5.41, 5.74) is 4.63. The number of sulfone groups is 1. The van der Waals surface area contributed by atoms with Crippen LogP contribution in [0.1, 0.15) is 33.5 Å². The van der Waals surface area contributed by atoms with Crippen LogP contribution in [0.3, 0.4) is 0 Å². The molecule has 242 valence electrons. The number of fused-ring (bicyclic) bond motifs is 1. The van der Waals surface area contributed by atoms with Gasteiger partial charge in [-0.15, -0.1) is 0 Å². The van der Waals surface area contributed by atoms with Crippen molar-refractivity contribution in [2.75, 3.05) is 27.1 Å². The summed E-state index contributed by atoms with van der Waals surface area (Å²) >= 11 is 6.47. The Morgan fingerprint density at radius 3 is 2.52 bits per heavy atom. The second-order valence-corrected chi connectivity index (χ2v) is 13.2. The number of aromatic nitrogens is 1. The van der Waals surface area contributed by atoms with E-state index < -0.39 is 9.84 Å². The monoisotopic (exact) mass is 667 g/mol. The molecule has 1 aromatic heterocycles. The first-order valence-electron chi connectivity index (χ1n) is 14.4. The van der Waals surface area contributed by atoms with Crippen LogP contribution < -0.4 is 18.9 Å². The number of pyridine rings is 1. The topological polar surface area (TPSA) is 119 Å². The first-order valence-corrected chi connectivity index (χ1v) is 16.6. The lowest BCUT2D eigenvalue weighted by atomic mass is 9.96. The van der Waals surface area contributed by atoms with Gasteiger partial charge in [-0.25, -0.2) is 8.42 Å². The molecule has 1 aliphatic heterocycles. The zero-order valence-corrected chi connectivity index (χ0v) is 27.4. The highest BCUT2D eigenvalue weighted by Crippen LogP contribution is 2.38. The van der Waals surface area contributed by atoms with Crippen molar-refractivity contribution in [1.29, 1.82) is 0 Å². The molecular formula is C34H34ClNO9S.